The first-order valence-corrected chi connectivity index (χ1v) is 9.74. The minimum Gasteiger partial charge on any atom is -0.481 e. The molecule has 1 aromatic heterocycles. The van der Waals surface area contributed by atoms with Crippen LogP contribution in [0.1, 0.15) is 37.4 Å². The van der Waals surface area contributed by atoms with Crippen LogP contribution >= 0.6 is 11.3 Å². The minimum absolute atomic E-state index is 0.0459. The summed E-state index contributed by atoms with van der Waals surface area (Å²) in [5.41, 5.74) is 2.36. The quantitative estimate of drug-likeness (QED) is 0.676. The lowest BCUT2D eigenvalue weighted by Crippen LogP contribution is -2.34. The Morgan fingerprint density at radius 2 is 2.07 bits per heavy atom. The van der Waals surface area contributed by atoms with Crippen molar-refractivity contribution in [3.05, 3.63) is 40.9 Å². The van der Waals surface area contributed by atoms with Crippen molar-refractivity contribution in [2.24, 2.45) is 0 Å². The van der Waals surface area contributed by atoms with Gasteiger partial charge in [0.15, 0.2) is 5.13 Å². The van der Waals surface area contributed by atoms with Crippen LogP contribution in [-0.4, -0.2) is 33.9 Å². The van der Waals surface area contributed by atoms with Crippen LogP contribution in [0.15, 0.2) is 29.6 Å². The maximum Gasteiger partial charge on any atom is 0.309 e. The van der Waals surface area contributed by atoms with Crippen LogP contribution in [0.25, 0.3) is 0 Å². The number of hydrogen-bond donors (Lipinski definition) is 2. The summed E-state index contributed by atoms with van der Waals surface area (Å²) in [7, 11) is 0. The zero-order valence-corrected chi connectivity index (χ0v) is 15.8. The van der Waals surface area contributed by atoms with Gasteiger partial charge in [-0.25, -0.2) is 9.88 Å². The van der Waals surface area contributed by atoms with E-state index in [1.165, 1.54) is 5.56 Å². The van der Waals surface area contributed by atoms with E-state index in [1.54, 1.807) is 5.38 Å². The van der Waals surface area contributed by atoms with Gasteiger partial charge in [0.2, 0.25) is 5.91 Å². The predicted octanol–water partition coefficient (Wildman–Crippen LogP) is 2.86. The van der Waals surface area contributed by atoms with Crippen molar-refractivity contribution in [2.45, 2.75) is 45.1 Å². The lowest BCUT2D eigenvalue weighted by atomic mass is 10.1. The Morgan fingerprint density at radius 1 is 1.33 bits per heavy atom. The molecule has 0 aliphatic carbocycles. The fourth-order valence-electron chi connectivity index (χ4n) is 2.93. The number of aliphatic carboxylic acids is 1. The number of amides is 2. The Kier molecular flexibility index (Phi) is 5.85. The van der Waals surface area contributed by atoms with Gasteiger partial charge in [-0.1, -0.05) is 25.5 Å². The van der Waals surface area contributed by atoms with Crippen LogP contribution in [0.2, 0.25) is 0 Å². The first-order chi connectivity index (χ1) is 13.0. The van der Waals surface area contributed by atoms with Crippen molar-refractivity contribution in [3.8, 4) is 0 Å². The maximum absolute atomic E-state index is 12.7. The van der Waals surface area contributed by atoms with Crippen LogP contribution in [0.4, 0.5) is 10.8 Å². The summed E-state index contributed by atoms with van der Waals surface area (Å²) >= 11 is 1.10. The summed E-state index contributed by atoms with van der Waals surface area (Å²) < 4.78 is 0. The number of aryl methyl sites for hydroxylation is 1. The molecule has 1 aliphatic rings. The molecule has 8 heteroatoms. The molecule has 1 saturated heterocycles. The summed E-state index contributed by atoms with van der Waals surface area (Å²) in [6.07, 6.45) is 3.10. The van der Waals surface area contributed by atoms with Gasteiger partial charge in [0.05, 0.1) is 18.5 Å². The fraction of sp³-hybridized carbons (Fsp3) is 0.368. The van der Waals surface area contributed by atoms with Gasteiger partial charge in [0, 0.05) is 11.1 Å². The van der Waals surface area contributed by atoms with Crippen LogP contribution in [0, 0.1) is 0 Å². The van der Waals surface area contributed by atoms with Gasteiger partial charge >= 0.3 is 5.97 Å². The number of nitrogens with zero attached hydrogens (tertiary/aromatic N) is 2. The summed E-state index contributed by atoms with van der Waals surface area (Å²) in [6, 6.07) is 7.23. The molecule has 3 rings (SSSR count). The number of carboxylic acids is 1. The van der Waals surface area contributed by atoms with E-state index in [0.29, 0.717) is 5.69 Å². The molecule has 1 atom stereocenters. The zero-order valence-electron chi connectivity index (χ0n) is 15.0. The second kappa shape index (κ2) is 8.30. The normalized spacial score (nSPS) is 16.8. The second-order valence-electron chi connectivity index (χ2n) is 6.46. The lowest BCUT2D eigenvalue weighted by Gasteiger charge is -2.14. The number of unbranched alkanes of at least 4 members (excludes halogenated alkanes) is 1. The van der Waals surface area contributed by atoms with Crippen LogP contribution < -0.4 is 10.2 Å². The van der Waals surface area contributed by atoms with E-state index >= 15 is 0 Å². The highest BCUT2D eigenvalue weighted by Crippen LogP contribution is 2.28. The van der Waals surface area contributed by atoms with Crippen molar-refractivity contribution in [3.63, 3.8) is 0 Å². The first kappa shape index (κ1) is 19.0. The largest absolute Gasteiger partial charge is 0.481 e. The van der Waals surface area contributed by atoms with Crippen molar-refractivity contribution >= 4 is 39.9 Å². The number of nitrogens with one attached hydrogen (secondary N) is 1. The summed E-state index contributed by atoms with van der Waals surface area (Å²) in [4.78, 5) is 40.9. The molecular formula is C19H21N3O4S. The van der Waals surface area contributed by atoms with Crippen molar-refractivity contribution < 1.29 is 19.5 Å². The van der Waals surface area contributed by atoms with E-state index < -0.39 is 12.0 Å². The molecule has 0 bridgehead atoms. The number of rotatable bonds is 8. The Bertz CT molecular complexity index is 847. The number of carbonyl (C=O) groups excluding carboxylic acids is 2. The van der Waals surface area contributed by atoms with Crippen molar-refractivity contribution in [1.29, 1.82) is 0 Å². The van der Waals surface area contributed by atoms with E-state index in [-0.39, 0.29) is 29.8 Å². The van der Waals surface area contributed by atoms with Gasteiger partial charge in [-0.05, 0) is 30.5 Å². The number of thiazole rings is 1. The highest BCUT2D eigenvalue weighted by Gasteiger charge is 2.41. The lowest BCUT2D eigenvalue weighted by molar-refractivity contribution is -0.136. The fourth-order valence-corrected chi connectivity index (χ4v) is 3.78. The second-order valence-corrected chi connectivity index (χ2v) is 7.30. The molecule has 1 fully saturated rings. The molecule has 2 heterocycles. The third-order valence-corrected chi connectivity index (χ3v) is 5.20. The summed E-state index contributed by atoms with van der Waals surface area (Å²) in [5.74, 6) is -1.72. The van der Waals surface area contributed by atoms with Gasteiger partial charge in [0.1, 0.15) is 6.04 Å². The standard InChI is InChI=1S/C19H21N3O4S/c1-2-3-4-12-5-7-13(8-6-12)20-15-10-16(23)22(18(15)26)19-21-14(11-27-19)9-17(24)25/h5-8,11,15,20H,2-4,9-10H2,1H3,(H,24,25). The number of imide groups is 1. The Hall–Kier alpha value is -2.74. The number of carbonyl (C=O) groups is 3. The molecule has 0 spiro atoms. The summed E-state index contributed by atoms with van der Waals surface area (Å²) in [6.45, 7) is 2.15. The highest BCUT2D eigenvalue weighted by molar-refractivity contribution is 7.14. The smallest absolute Gasteiger partial charge is 0.309 e. The Balaban J connectivity index is 1.67. The van der Waals surface area contributed by atoms with E-state index in [1.807, 2.05) is 24.3 Å². The average molecular weight is 387 g/mol. The Labute approximate surface area is 161 Å². The zero-order chi connectivity index (χ0) is 19.4. The molecular weight excluding hydrogens is 366 g/mol. The molecule has 142 valence electrons. The van der Waals surface area contributed by atoms with Crippen LogP contribution in [-0.2, 0) is 27.2 Å². The third-order valence-electron chi connectivity index (χ3n) is 4.32. The first-order valence-electron chi connectivity index (χ1n) is 8.86. The SMILES string of the molecule is CCCCc1ccc(NC2CC(=O)N(c3nc(CC(=O)O)cs3)C2=O)cc1. The molecule has 0 radical (unpaired) electrons. The molecule has 1 unspecified atom stereocenters. The van der Waals surface area contributed by atoms with Gasteiger partial charge in [0.25, 0.3) is 5.91 Å². The predicted molar refractivity (Wildman–Crippen MR) is 103 cm³/mol. The topological polar surface area (TPSA) is 99.6 Å². The van der Waals surface area contributed by atoms with Crippen molar-refractivity contribution in [2.75, 3.05) is 10.2 Å². The molecule has 2 aromatic rings. The molecule has 2 N–H and O–H groups in total. The average Bonchev–Trinajstić information content (AvgIpc) is 3.18. The molecule has 2 amide bonds. The Morgan fingerprint density at radius 3 is 2.74 bits per heavy atom. The molecule has 1 aliphatic heterocycles. The van der Waals surface area contributed by atoms with Gasteiger partial charge in [-0.2, -0.15) is 0 Å². The van der Waals surface area contributed by atoms with Crippen LogP contribution in [0.3, 0.4) is 0 Å². The van der Waals surface area contributed by atoms with E-state index in [2.05, 4.69) is 17.2 Å². The van der Waals surface area contributed by atoms with Crippen LogP contribution in [0.5, 0.6) is 0 Å². The highest BCUT2D eigenvalue weighted by atomic mass is 32.1. The number of aromatic nitrogens is 1. The molecule has 7 nitrogen and oxygen atoms in total. The van der Waals surface area contributed by atoms with Gasteiger partial charge in [-0.15, -0.1) is 11.3 Å². The van der Waals surface area contributed by atoms with E-state index in [0.717, 1.165) is 41.2 Å². The van der Waals surface area contributed by atoms with E-state index in [4.69, 9.17) is 5.11 Å². The number of benzene rings is 1. The molecule has 1 aromatic carbocycles. The number of carboxylic acid groups (broad SMARTS) is 1. The molecule has 27 heavy (non-hydrogen) atoms. The minimum atomic E-state index is -1.01. The van der Waals surface area contributed by atoms with Crippen molar-refractivity contribution in [1.82, 2.24) is 4.98 Å². The summed E-state index contributed by atoms with van der Waals surface area (Å²) in [5, 5.41) is 13.7. The van der Waals surface area contributed by atoms with Gasteiger partial charge < -0.3 is 10.4 Å². The van der Waals surface area contributed by atoms with Gasteiger partial charge in [-0.3, -0.25) is 14.4 Å². The van der Waals surface area contributed by atoms with E-state index in [9.17, 15) is 14.4 Å². The number of anilines is 2. The third kappa shape index (κ3) is 4.51. The maximum atomic E-state index is 12.7. The monoisotopic (exact) mass is 387 g/mol. The molecule has 0 saturated carbocycles. The number of hydrogen-bond acceptors (Lipinski definition) is 6.